The summed E-state index contributed by atoms with van der Waals surface area (Å²) in [5.41, 5.74) is 0. The summed E-state index contributed by atoms with van der Waals surface area (Å²) >= 11 is 0. The van der Waals surface area contributed by atoms with Crippen molar-refractivity contribution in [2.24, 2.45) is 11.8 Å². The molecule has 1 heterocycles. The summed E-state index contributed by atoms with van der Waals surface area (Å²) in [5.74, 6) is -0.521. The van der Waals surface area contributed by atoms with Gasteiger partial charge in [-0.3, -0.25) is 4.79 Å². The van der Waals surface area contributed by atoms with Gasteiger partial charge in [0, 0.05) is 26.7 Å². The van der Waals surface area contributed by atoms with Crippen LogP contribution in [0.4, 0.5) is 4.79 Å². The summed E-state index contributed by atoms with van der Waals surface area (Å²) in [5, 5.41) is 8.75. The molecule has 1 N–H and O–H groups in total. The third kappa shape index (κ3) is 2.70. The fourth-order valence-corrected chi connectivity index (χ4v) is 2.69. The van der Waals surface area contributed by atoms with Crippen LogP contribution in [0.15, 0.2) is 0 Å². The van der Waals surface area contributed by atoms with Gasteiger partial charge in [-0.15, -0.1) is 0 Å². The number of urea groups is 1. The molecule has 0 bridgehead atoms. The topological polar surface area (TPSA) is 60.9 Å². The van der Waals surface area contributed by atoms with E-state index in [1.807, 2.05) is 7.05 Å². The zero-order chi connectivity index (χ0) is 12.4. The molecule has 2 amide bonds. The highest BCUT2D eigenvalue weighted by Crippen LogP contribution is 2.26. The van der Waals surface area contributed by atoms with Gasteiger partial charge in [0.25, 0.3) is 0 Å². The number of carbonyl (C=O) groups excluding carboxylic acids is 1. The lowest BCUT2D eigenvalue weighted by atomic mass is 10.0. The SMILES string of the molecule is CN(CC1CCCC1)C(=O)N1CC(C(=O)O)C1. The summed E-state index contributed by atoms with van der Waals surface area (Å²) in [6.07, 6.45) is 4.99. The molecule has 1 aliphatic heterocycles. The molecule has 0 atom stereocenters. The van der Waals surface area contributed by atoms with Gasteiger partial charge in [-0.2, -0.15) is 0 Å². The predicted octanol–water partition coefficient (Wildman–Crippen LogP) is 1.24. The first-order valence-electron chi connectivity index (χ1n) is 6.30. The van der Waals surface area contributed by atoms with E-state index in [0.717, 1.165) is 6.54 Å². The summed E-state index contributed by atoms with van der Waals surface area (Å²) in [6.45, 7) is 1.54. The maximum Gasteiger partial charge on any atom is 0.319 e. The van der Waals surface area contributed by atoms with Crippen LogP contribution >= 0.6 is 0 Å². The molecule has 0 radical (unpaired) electrons. The standard InChI is InChI=1S/C12H20N2O3/c1-13(6-9-4-2-3-5-9)12(17)14-7-10(8-14)11(15)16/h9-10H,2-8H2,1H3,(H,15,16). The normalized spacial score (nSPS) is 21.4. The maximum absolute atomic E-state index is 11.9. The van der Waals surface area contributed by atoms with Crippen LogP contribution < -0.4 is 0 Å². The Morgan fingerprint density at radius 3 is 2.41 bits per heavy atom. The van der Waals surface area contributed by atoms with Gasteiger partial charge in [-0.25, -0.2) is 4.79 Å². The van der Waals surface area contributed by atoms with E-state index >= 15 is 0 Å². The van der Waals surface area contributed by atoms with Gasteiger partial charge in [-0.1, -0.05) is 12.8 Å². The van der Waals surface area contributed by atoms with Gasteiger partial charge in [0.15, 0.2) is 0 Å². The smallest absolute Gasteiger partial charge is 0.319 e. The van der Waals surface area contributed by atoms with E-state index in [4.69, 9.17) is 5.11 Å². The molecule has 1 aliphatic carbocycles. The minimum atomic E-state index is -0.799. The minimum absolute atomic E-state index is 0.0191. The lowest BCUT2D eigenvalue weighted by molar-refractivity contribution is -0.146. The maximum atomic E-state index is 11.9. The van der Waals surface area contributed by atoms with Crippen LogP contribution in [0.25, 0.3) is 0 Å². The highest BCUT2D eigenvalue weighted by molar-refractivity contribution is 5.79. The van der Waals surface area contributed by atoms with Crippen molar-refractivity contribution in [3.63, 3.8) is 0 Å². The van der Waals surface area contributed by atoms with Gasteiger partial charge in [-0.05, 0) is 18.8 Å². The highest BCUT2D eigenvalue weighted by atomic mass is 16.4. The van der Waals surface area contributed by atoms with Crippen LogP contribution in [-0.2, 0) is 4.79 Å². The van der Waals surface area contributed by atoms with Crippen molar-refractivity contribution in [1.82, 2.24) is 9.80 Å². The Morgan fingerprint density at radius 2 is 1.88 bits per heavy atom. The fraction of sp³-hybridized carbons (Fsp3) is 0.833. The molecule has 0 aromatic carbocycles. The Morgan fingerprint density at radius 1 is 1.29 bits per heavy atom. The van der Waals surface area contributed by atoms with Crippen LogP contribution in [-0.4, -0.2) is 53.6 Å². The number of carbonyl (C=O) groups is 2. The largest absolute Gasteiger partial charge is 0.481 e. The summed E-state index contributed by atoms with van der Waals surface area (Å²) in [6, 6.07) is -0.0191. The zero-order valence-corrected chi connectivity index (χ0v) is 10.3. The van der Waals surface area contributed by atoms with E-state index < -0.39 is 5.97 Å². The van der Waals surface area contributed by atoms with Crippen LogP contribution in [0.5, 0.6) is 0 Å². The first-order chi connectivity index (χ1) is 8.08. The van der Waals surface area contributed by atoms with Gasteiger partial charge < -0.3 is 14.9 Å². The monoisotopic (exact) mass is 240 g/mol. The lowest BCUT2D eigenvalue weighted by Crippen LogP contribution is -2.56. The van der Waals surface area contributed by atoms with Crippen molar-refractivity contribution in [1.29, 1.82) is 0 Å². The third-order valence-electron chi connectivity index (χ3n) is 3.83. The zero-order valence-electron chi connectivity index (χ0n) is 10.3. The van der Waals surface area contributed by atoms with E-state index in [1.54, 1.807) is 9.80 Å². The average Bonchev–Trinajstić information content (AvgIpc) is 2.67. The molecule has 0 spiro atoms. The summed E-state index contributed by atoms with van der Waals surface area (Å²) in [4.78, 5) is 25.9. The van der Waals surface area contributed by atoms with Crippen molar-refractivity contribution in [3.05, 3.63) is 0 Å². The average molecular weight is 240 g/mol. The quantitative estimate of drug-likeness (QED) is 0.807. The molecular formula is C12H20N2O3. The van der Waals surface area contributed by atoms with Crippen LogP contribution in [0.1, 0.15) is 25.7 Å². The molecule has 5 nitrogen and oxygen atoms in total. The summed E-state index contributed by atoms with van der Waals surface area (Å²) in [7, 11) is 1.81. The van der Waals surface area contributed by atoms with Gasteiger partial charge in [0.2, 0.25) is 0 Å². The van der Waals surface area contributed by atoms with Crippen LogP contribution in [0.3, 0.4) is 0 Å². The first kappa shape index (κ1) is 12.2. The minimum Gasteiger partial charge on any atom is -0.481 e. The molecule has 0 aromatic rings. The first-order valence-corrected chi connectivity index (χ1v) is 6.30. The highest BCUT2D eigenvalue weighted by Gasteiger charge is 2.37. The second-order valence-electron chi connectivity index (χ2n) is 5.25. The molecule has 96 valence electrons. The van der Waals surface area contributed by atoms with E-state index in [-0.39, 0.29) is 11.9 Å². The molecular weight excluding hydrogens is 220 g/mol. The number of amides is 2. The van der Waals surface area contributed by atoms with Gasteiger partial charge >= 0.3 is 12.0 Å². The van der Waals surface area contributed by atoms with Crippen molar-refractivity contribution in [2.75, 3.05) is 26.7 Å². The Balaban J connectivity index is 1.74. The lowest BCUT2D eigenvalue weighted by Gasteiger charge is -2.39. The Hall–Kier alpha value is -1.26. The van der Waals surface area contributed by atoms with Crippen molar-refractivity contribution in [3.8, 4) is 0 Å². The van der Waals surface area contributed by atoms with E-state index in [1.165, 1.54) is 25.7 Å². The van der Waals surface area contributed by atoms with E-state index in [2.05, 4.69) is 0 Å². The number of hydrogen-bond acceptors (Lipinski definition) is 2. The van der Waals surface area contributed by atoms with Gasteiger partial charge in [0.05, 0.1) is 5.92 Å². The molecule has 1 saturated carbocycles. The number of aliphatic carboxylic acids is 1. The predicted molar refractivity (Wildman–Crippen MR) is 62.7 cm³/mol. The Bertz CT molecular complexity index is 307. The van der Waals surface area contributed by atoms with Crippen molar-refractivity contribution in [2.45, 2.75) is 25.7 Å². The number of nitrogens with zero attached hydrogens (tertiary/aromatic N) is 2. The molecule has 1 saturated heterocycles. The number of likely N-dealkylation sites (tertiary alicyclic amines) is 1. The number of carboxylic acids is 1. The molecule has 17 heavy (non-hydrogen) atoms. The Kier molecular flexibility index (Phi) is 3.54. The molecule has 0 unspecified atom stereocenters. The molecule has 0 aromatic heterocycles. The Labute approximate surface area is 101 Å². The van der Waals surface area contributed by atoms with Crippen LogP contribution in [0.2, 0.25) is 0 Å². The molecule has 5 heteroatoms. The summed E-state index contributed by atoms with van der Waals surface area (Å²) < 4.78 is 0. The second kappa shape index (κ2) is 4.94. The van der Waals surface area contributed by atoms with E-state index in [0.29, 0.717) is 19.0 Å². The van der Waals surface area contributed by atoms with Crippen LogP contribution in [0, 0.1) is 11.8 Å². The molecule has 2 fully saturated rings. The fourth-order valence-electron chi connectivity index (χ4n) is 2.69. The van der Waals surface area contributed by atoms with Gasteiger partial charge in [0.1, 0.15) is 0 Å². The van der Waals surface area contributed by atoms with Crippen molar-refractivity contribution >= 4 is 12.0 Å². The second-order valence-corrected chi connectivity index (χ2v) is 5.25. The number of carboxylic acid groups (broad SMARTS) is 1. The van der Waals surface area contributed by atoms with Crippen molar-refractivity contribution < 1.29 is 14.7 Å². The molecule has 2 aliphatic rings. The molecule has 2 rings (SSSR count). The number of rotatable bonds is 3. The third-order valence-corrected chi connectivity index (χ3v) is 3.83. The number of hydrogen-bond donors (Lipinski definition) is 1. The van der Waals surface area contributed by atoms with E-state index in [9.17, 15) is 9.59 Å².